The molecule has 122 valence electrons. The van der Waals surface area contributed by atoms with Crippen LogP contribution in [-0.2, 0) is 19.4 Å². The molecule has 2 fully saturated rings. The van der Waals surface area contributed by atoms with Crippen molar-refractivity contribution < 1.29 is 17.9 Å². The lowest BCUT2D eigenvalue weighted by atomic mass is 9.70. The predicted molar refractivity (Wildman–Crippen MR) is 81.4 cm³/mol. The third kappa shape index (κ3) is 2.97. The zero-order valence-electron chi connectivity index (χ0n) is 13.4. The second-order valence-electron chi connectivity index (χ2n) is 7.56. The highest BCUT2D eigenvalue weighted by atomic mass is 32.2. The highest BCUT2D eigenvalue weighted by Crippen LogP contribution is 2.66. The van der Waals surface area contributed by atoms with Crippen LogP contribution in [-0.4, -0.2) is 38.5 Å². The van der Waals surface area contributed by atoms with Crippen molar-refractivity contribution in [1.29, 1.82) is 0 Å². The van der Waals surface area contributed by atoms with E-state index in [9.17, 15) is 13.2 Å². The number of fused-ring (bicyclic) bond motifs is 2. The van der Waals surface area contributed by atoms with Gasteiger partial charge in [-0.05, 0) is 37.0 Å². The van der Waals surface area contributed by atoms with Gasteiger partial charge in [0, 0.05) is 11.7 Å². The molecule has 21 heavy (non-hydrogen) atoms. The topological polar surface area (TPSA) is 86.5 Å². The summed E-state index contributed by atoms with van der Waals surface area (Å²) in [5.74, 6) is 0.0417. The summed E-state index contributed by atoms with van der Waals surface area (Å²) in [6.45, 7) is 6.70. The van der Waals surface area contributed by atoms with Crippen LogP contribution in [0.1, 0.15) is 46.5 Å². The minimum absolute atomic E-state index is 0.00385. The van der Waals surface area contributed by atoms with Gasteiger partial charge in [0.05, 0.1) is 5.75 Å². The first kappa shape index (κ1) is 16.7. The van der Waals surface area contributed by atoms with Gasteiger partial charge in [0.15, 0.2) is 0 Å². The van der Waals surface area contributed by atoms with Crippen molar-refractivity contribution in [3.05, 3.63) is 0 Å². The quantitative estimate of drug-likeness (QED) is 0.777. The van der Waals surface area contributed by atoms with E-state index in [2.05, 4.69) is 20.8 Å². The fourth-order valence-electron chi connectivity index (χ4n) is 3.99. The summed E-state index contributed by atoms with van der Waals surface area (Å²) in [7, 11) is -3.11. The molecular weight excluding hydrogens is 290 g/mol. The van der Waals surface area contributed by atoms with Gasteiger partial charge in [0.2, 0.25) is 0 Å². The highest BCUT2D eigenvalue weighted by molar-refractivity contribution is 7.90. The Balaban J connectivity index is 1.95. The van der Waals surface area contributed by atoms with Gasteiger partial charge >= 0.3 is 5.97 Å². The summed E-state index contributed by atoms with van der Waals surface area (Å²) in [5, 5.41) is 0. The van der Waals surface area contributed by atoms with Crippen molar-refractivity contribution in [2.24, 2.45) is 22.5 Å². The smallest absolute Gasteiger partial charge is 0.323 e. The van der Waals surface area contributed by atoms with Crippen molar-refractivity contribution in [2.75, 3.05) is 12.0 Å². The lowest BCUT2D eigenvalue weighted by Gasteiger charge is -2.38. The number of ether oxygens (including phenoxy) is 1. The Morgan fingerprint density at radius 1 is 1.38 bits per heavy atom. The predicted octanol–water partition coefficient (Wildman–Crippen LogP) is 1.51. The van der Waals surface area contributed by atoms with Gasteiger partial charge in [0.1, 0.15) is 22.0 Å². The van der Waals surface area contributed by atoms with Crippen LogP contribution in [0.25, 0.3) is 0 Å². The zero-order valence-corrected chi connectivity index (χ0v) is 14.2. The van der Waals surface area contributed by atoms with Gasteiger partial charge in [-0.1, -0.05) is 20.8 Å². The highest BCUT2D eigenvalue weighted by Gasteiger charge is 2.62. The van der Waals surface area contributed by atoms with Crippen LogP contribution in [0.15, 0.2) is 0 Å². The van der Waals surface area contributed by atoms with E-state index < -0.39 is 21.8 Å². The van der Waals surface area contributed by atoms with E-state index in [-0.39, 0.29) is 29.1 Å². The van der Waals surface area contributed by atoms with Crippen molar-refractivity contribution in [3.8, 4) is 0 Å². The maximum absolute atomic E-state index is 12.1. The summed E-state index contributed by atoms with van der Waals surface area (Å²) in [5.41, 5.74) is 5.95. The number of sulfone groups is 1. The van der Waals surface area contributed by atoms with E-state index in [0.29, 0.717) is 5.92 Å². The molecule has 5 nitrogen and oxygen atoms in total. The Morgan fingerprint density at radius 2 is 2.00 bits per heavy atom. The fourth-order valence-corrected chi connectivity index (χ4v) is 4.68. The van der Waals surface area contributed by atoms with E-state index in [4.69, 9.17) is 10.5 Å². The molecule has 0 heterocycles. The molecule has 0 spiro atoms. The molecule has 2 aliphatic carbocycles. The van der Waals surface area contributed by atoms with Crippen LogP contribution < -0.4 is 5.73 Å². The maximum Gasteiger partial charge on any atom is 0.323 e. The van der Waals surface area contributed by atoms with E-state index in [0.717, 1.165) is 19.1 Å². The largest absolute Gasteiger partial charge is 0.461 e. The summed E-state index contributed by atoms with van der Waals surface area (Å²) < 4.78 is 27.9. The molecule has 2 N–H and O–H groups in total. The minimum atomic E-state index is -3.11. The standard InChI is InChI=1S/C15H27NO4S/c1-14(2)10-5-7-15(14,3)12(9-10)20-13(17)11(16)6-8-21(4,18)19/h10-12H,5-9,16H2,1-4H3. The third-order valence-electron chi connectivity index (χ3n) is 6.07. The van der Waals surface area contributed by atoms with Gasteiger partial charge in [-0.15, -0.1) is 0 Å². The van der Waals surface area contributed by atoms with Gasteiger partial charge < -0.3 is 10.5 Å². The second kappa shape index (κ2) is 5.23. The average molecular weight is 317 g/mol. The number of carbonyl (C=O) groups is 1. The first-order valence-corrected chi connectivity index (χ1v) is 9.67. The van der Waals surface area contributed by atoms with Crippen LogP contribution >= 0.6 is 0 Å². The molecule has 4 atom stereocenters. The van der Waals surface area contributed by atoms with Crippen molar-refractivity contribution in [3.63, 3.8) is 0 Å². The van der Waals surface area contributed by atoms with E-state index >= 15 is 0 Å². The fraction of sp³-hybridized carbons (Fsp3) is 0.933. The molecule has 6 heteroatoms. The molecule has 0 amide bonds. The van der Waals surface area contributed by atoms with Crippen LogP contribution in [0.3, 0.4) is 0 Å². The van der Waals surface area contributed by atoms with E-state index in [1.54, 1.807) is 0 Å². The molecule has 0 aliphatic heterocycles. The Kier molecular flexibility index (Phi) is 4.17. The number of hydrogen-bond donors (Lipinski definition) is 1. The molecule has 0 radical (unpaired) electrons. The van der Waals surface area contributed by atoms with Gasteiger partial charge in [0.25, 0.3) is 0 Å². The first-order valence-electron chi connectivity index (χ1n) is 7.61. The lowest BCUT2D eigenvalue weighted by molar-refractivity contribution is -0.158. The van der Waals surface area contributed by atoms with E-state index in [1.165, 1.54) is 6.42 Å². The molecule has 2 rings (SSSR count). The average Bonchev–Trinajstić information content (AvgIpc) is 2.68. The molecule has 4 unspecified atom stereocenters. The van der Waals surface area contributed by atoms with Crippen LogP contribution in [0.4, 0.5) is 0 Å². The number of carbonyl (C=O) groups excluding carboxylic acids is 1. The molecule has 2 saturated carbocycles. The number of rotatable bonds is 5. The first-order chi connectivity index (χ1) is 9.47. The van der Waals surface area contributed by atoms with Crippen molar-refractivity contribution in [2.45, 2.75) is 58.6 Å². The van der Waals surface area contributed by atoms with Crippen LogP contribution in [0.2, 0.25) is 0 Å². The minimum Gasteiger partial charge on any atom is -0.461 e. The van der Waals surface area contributed by atoms with Gasteiger partial charge in [-0.2, -0.15) is 0 Å². The zero-order chi connectivity index (χ0) is 16.1. The number of nitrogens with two attached hydrogens (primary N) is 1. The summed E-state index contributed by atoms with van der Waals surface area (Å²) in [6, 6.07) is -0.856. The summed E-state index contributed by atoms with van der Waals surface area (Å²) >= 11 is 0. The maximum atomic E-state index is 12.1. The molecule has 2 aliphatic rings. The summed E-state index contributed by atoms with van der Waals surface area (Å²) in [6.07, 6.45) is 4.33. The van der Waals surface area contributed by atoms with Crippen LogP contribution in [0.5, 0.6) is 0 Å². The molecule has 0 aromatic rings. The summed E-state index contributed by atoms with van der Waals surface area (Å²) in [4.78, 5) is 12.1. The number of hydrogen-bond acceptors (Lipinski definition) is 5. The third-order valence-corrected chi connectivity index (χ3v) is 7.05. The Bertz CT molecular complexity index is 528. The Morgan fingerprint density at radius 3 is 2.43 bits per heavy atom. The molecule has 0 aromatic carbocycles. The second-order valence-corrected chi connectivity index (χ2v) is 9.82. The van der Waals surface area contributed by atoms with Gasteiger partial charge in [-0.25, -0.2) is 8.42 Å². The Hall–Kier alpha value is -0.620. The lowest BCUT2D eigenvalue weighted by Crippen LogP contribution is -2.42. The molecule has 0 saturated heterocycles. The van der Waals surface area contributed by atoms with E-state index in [1.807, 2.05) is 0 Å². The number of esters is 1. The van der Waals surface area contributed by atoms with Crippen LogP contribution in [0, 0.1) is 16.7 Å². The van der Waals surface area contributed by atoms with Crippen molar-refractivity contribution >= 4 is 15.8 Å². The normalized spacial score (nSPS) is 35.7. The monoisotopic (exact) mass is 317 g/mol. The van der Waals surface area contributed by atoms with Gasteiger partial charge in [-0.3, -0.25) is 4.79 Å². The SMILES string of the molecule is CC1(C)C2CCC1(C)C(OC(=O)C(N)CCS(C)(=O)=O)C2. The molecular formula is C15H27NO4S. The Labute approximate surface area is 127 Å². The van der Waals surface area contributed by atoms with Crippen molar-refractivity contribution in [1.82, 2.24) is 0 Å². The molecule has 2 bridgehead atoms. The molecule has 0 aromatic heterocycles.